The first-order chi connectivity index (χ1) is 8.48. The number of nitrogen functional groups attached to an aromatic ring is 1. The number of hydrogen-bond donors (Lipinski definition) is 2. The molecule has 0 saturated carbocycles. The van der Waals surface area contributed by atoms with Gasteiger partial charge in [-0.1, -0.05) is 32.4 Å². The van der Waals surface area contributed by atoms with Crippen molar-refractivity contribution in [2.75, 3.05) is 5.73 Å². The molecule has 0 heterocycles. The van der Waals surface area contributed by atoms with Crippen molar-refractivity contribution in [1.29, 1.82) is 0 Å². The zero-order valence-electron chi connectivity index (χ0n) is 11.2. The van der Waals surface area contributed by atoms with E-state index in [1.165, 1.54) is 0 Å². The molecule has 100 valence electrons. The Morgan fingerprint density at radius 1 is 1.28 bits per heavy atom. The van der Waals surface area contributed by atoms with Crippen LogP contribution < -0.4 is 11.1 Å². The van der Waals surface area contributed by atoms with Crippen molar-refractivity contribution >= 4 is 23.2 Å². The number of rotatable bonds is 5. The number of benzene rings is 1. The van der Waals surface area contributed by atoms with Crippen LogP contribution in [0, 0.1) is 0 Å². The van der Waals surface area contributed by atoms with Gasteiger partial charge in [-0.05, 0) is 37.5 Å². The van der Waals surface area contributed by atoms with Gasteiger partial charge in [0.2, 0.25) is 0 Å². The third-order valence-electron chi connectivity index (χ3n) is 3.67. The minimum atomic E-state index is -0.161. The lowest BCUT2D eigenvalue weighted by atomic mass is 9.89. The number of carbonyl (C=O) groups is 1. The molecule has 0 saturated heterocycles. The topological polar surface area (TPSA) is 55.1 Å². The van der Waals surface area contributed by atoms with Gasteiger partial charge in [0.25, 0.3) is 5.91 Å². The van der Waals surface area contributed by atoms with Crippen molar-refractivity contribution in [2.24, 2.45) is 0 Å². The second kappa shape index (κ2) is 6.10. The van der Waals surface area contributed by atoms with Crippen molar-refractivity contribution in [3.05, 3.63) is 28.8 Å². The van der Waals surface area contributed by atoms with Crippen LogP contribution in [0.2, 0.25) is 5.02 Å². The molecule has 18 heavy (non-hydrogen) atoms. The van der Waals surface area contributed by atoms with Gasteiger partial charge in [-0.3, -0.25) is 4.79 Å². The summed E-state index contributed by atoms with van der Waals surface area (Å²) in [6.07, 6.45) is 2.69. The first-order valence-electron chi connectivity index (χ1n) is 6.35. The monoisotopic (exact) mass is 268 g/mol. The summed E-state index contributed by atoms with van der Waals surface area (Å²) in [6.45, 7) is 6.23. The minimum Gasteiger partial charge on any atom is -0.398 e. The number of halogens is 1. The Morgan fingerprint density at radius 2 is 1.83 bits per heavy atom. The maximum absolute atomic E-state index is 12.3. The number of carbonyl (C=O) groups excluding carboxylic acids is 1. The molecule has 0 aliphatic rings. The molecular formula is C14H21ClN2O. The number of nitrogens with one attached hydrogen (secondary N) is 1. The van der Waals surface area contributed by atoms with Gasteiger partial charge >= 0.3 is 0 Å². The van der Waals surface area contributed by atoms with Crippen molar-refractivity contribution in [3.8, 4) is 0 Å². The molecule has 0 radical (unpaired) electrons. The summed E-state index contributed by atoms with van der Waals surface area (Å²) in [4.78, 5) is 12.3. The van der Waals surface area contributed by atoms with Gasteiger partial charge in [-0.25, -0.2) is 0 Å². The molecule has 3 N–H and O–H groups in total. The molecule has 0 aromatic heterocycles. The predicted octanol–water partition coefficient (Wildman–Crippen LogP) is 3.62. The Labute approximate surface area is 114 Å². The Hall–Kier alpha value is -1.22. The SMILES string of the molecule is CCC(CC)(CC)NC(=O)c1cc(Cl)ccc1N. The van der Waals surface area contributed by atoms with E-state index in [0.717, 1.165) is 19.3 Å². The molecule has 0 unspecified atom stereocenters. The Morgan fingerprint density at radius 3 is 2.33 bits per heavy atom. The molecule has 0 fully saturated rings. The van der Waals surface area contributed by atoms with Crippen LogP contribution in [0.5, 0.6) is 0 Å². The fourth-order valence-electron chi connectivity index (χ4n) is 2.05. The summed E-state index contributed by atoms with van der Waals surface area (Å²) < 4.78 is 0. The van der Waals surface area contributed by atoms with E-state index in [-0.39, 0.29) is 11.4 Å². The van der Waals surface area contributed by atoms with E-state index < -0.39 is 0 Å². The molecule has 3 nitrogen and oxygen atoms in total. The molecule has 0 aliphatic carbocycles. The lowest BCUT2D eigenvalue weighted by molar-refractivity contribution is 0.0889. The van der Waals surface area contributed by atoms with Crippen LogP contribution in [-0.2, 0) is 0 Å². The second-order valence-electron chi connectivity index (χ2n) is 4.53. The molecule has 0 spiro atoms. The first-order valence-corrected chi connectivity index (χ1v) is 6.73. The molecule has 0 atom stereocenters. The Bertz CT molecular complexity index is 420. The van der Waals surface area contributed by atoms with Crippen LogP contribution in [0.4, 0.5) is 5.69 Å². The van der Waals surface area contributed by atoms with Crippen molar-refractivity contribution < 1.29 is 4.79 Å². The summed E-state index contributed by atoms with van der Waals surface area (Å²) in [7, 11) is 0. The highest BCUT2D eigenvalue weighted by molar-refractivity contribution is 6.31. The van der Waals surface area contributed by atoms with Crippen LogP contribution in [-0.4, -0.2) is 11.4 Å². The maximum Gasteiger partial charge on any atom is 0.253 e. The van der Waals surface area contributed by atoms with Gasteiger partial charge < -0.3 is 11.1 Å². The molecule has 4 heteroatoms. The molecule has 0 bridgehead atoms. The average Bonchev–Trinajstić information content (AvgIpc) is 2.38. The molecule has 1 rings (SSSR count). The lowest BCUT2D eigenvalue weighted by Gasteiger charge is -2.32. The van der Waals surface area contributed by atoms with E-state index in [9.17, 15) is 4.79 Å². The Kier molecular flexibility index (Phi) is 5.03. The Balaban J connectivity index is 2.97. The molecule has 1 amide bonds. The number of hydrogen-bond acceptors (Lipinski definition) is 2. The van der Waals surface area contributed by atoms with Gasteiger partial charge in [0.05, 0.1) is 5.56 Å². The second-order valence-corrected chi connectivity index (χ2v) is 4.96. The zero-order valence-corrected chi connectivity index (χ0v) is 12.0. The molecule has 0 aliphatic heterocycles. The average molecular weight is 269 g/mol. The fourth-order valence-corrected chi connectivity index (χ4v) is 2.22. The standard InChI is InChI=1S/C14H21ClN2O/c1-4-14(5-2,6-3)17-13(18)11-9-10(15)7-8-12(11)16/h7-9H,4-6,16H2,1-3H3,(H,17,18). The summed E-state index contributed by atoms with van der Waals surface area (Å²) in [5.41, 5.74) is 6.55. The third kappa shape index (κ3) is 3.16. The normalized spacial score (nSPS) is 11.3. The van der Waals surface area contributed by atoms with Crippen LogP contribution >= 0.6 is 11.6 Å². The van der Waals surface area contributed by atoms with Crippen molar-refractivity contribution in [2.45, 2.75) is 45.6 Å². The highest BCUT2D eigenvalue weighted by atomic mass is 35.5. The van der Waals surface area contributed by atoms with Crippen molar-refractivity contribution in [3.63, 3.8) is 0 Å². The summed E-state index contributed by atoms with van der Waals surface area (Å²) >= 11 is 5.90. The first kappa shape index (κ1) is 14.8. The maximum atomic E-state index is 12.3. The van der Waals surface area contributed by atoms with Gasteiger partial charge in [0.1, 0.15) is 0 Å². The number of amides is 1. The minimum absolute atomic E-state index is 0.152. The number of nitrogens with two attached hydrogens (primary N) is 1. The van der Waals surface area contributed by atoms with E-state index in [0.29, 0.717) is 16.3 Å². The van der Waals surface area contributed by atoms with Crippen LogP contribution in [0.3, 0.4) is 0 Å². The summed E-state index contributed by atoms with van der Waals surface area (Å²) in [6, 6.07) is 4.95. The number of anilines is 1. The van der Waals surface area contributed by atoms with Gasteiger partial charge in [0, 0.05) is 16.2 Å². The van der Waals surface area contributed by atoms with Crippen LogP contribution in [0.25, 0.3) is 0 Å². The van der Waals surface area contributed by atoms with Crippen LogP contribution in [0.15, 0.2) is 18.2 Å². The predicted molar refractivity (Wildman–Crippen MR) is 76.9 cm³/mol. The summed E-state index contributed by atoms with van der Waals surface area (Å²) in [5.74, 6) is -0.152. The largest absolute Gasteiger partial charge is 0.398 e. The summed E-state index contributed by atoms with van der Waals surface area (Å²) in [5, 5.41) is 3.60. The van der Waals surface area contributed by atoms with Crippen LogP contribution in [0.1, 0.15) is 50.4 Å². The van der Waals surface area contributed by atoms with E-state index in [2.05, 4.69) is 26.1 Å². The van der Waals surface area contributed by atoms with E-state index in [4.69, 9.17) is 17.3 Å². The lowest BCUT2D eigenvalue weighted by Crippen LogP contribution is -2.47. The van der Waals surface area contributed by atoms with Crippen molar-refractivity contribution in [1.82, 2.24) is 5.32 Å². The van der Waals surface area contributed by atoms with Gasteiger partial charge in [0.15, 0.2) is 0 Å². The van der Waals surface area contributed by atoms with Gasteiger partial charge in [-0.2, -0.15) is 0 Å². The molecular weight excluding hydrogens is 248 g/mol. The third-order valence-corrected chi connectivity index (χ3v) is 3.90. The molecule has 1 aromatic carbocycles. The van der Waals surface area contributed by atoms with E-state index in [1.807, 2.05) is 0 Å². The highest BCUT2D eigenvalue weighted by Crippen LogP contribution is 2.23. The van der Waals surface area contributed by atoms with Gasteiger partial charge in [-0.15, -0.1) is 0 Å². The van der Waals surface area contributed by atoms with E-state index >= 15 is 0 Å². The smallest absolute Gasteiger partial charge is 0.253 e. The fraction of sp³-hybridized carbons (Fsp3) is 0.500. The molecule has 1 aromatic rings. The quantitative estimate of drug-likeness (QED) is 0.802. The van der Waals surface area contributed by atoms with E-state index in [1.54, 1.807) is 18.2 Å². The highest BCUT2D eigenvalue weighted by Gasteiger charge is 2.26. The zero-order chi connectivity index (χ0) is 13.8.